The fourth-order valence-electron chi connectivity index (χ4n) is 5.65. The number of rotatable bonds is 2. The number of nitrogens with two attached hydrogens (primary N) is 1. The number of primary amides is 1. The zero-order valence-corrected chi connectivity index (χ0v) is 13.9. The van der Waals surface area contributed by atoms with Crippen molar-refractivity contribution in [3.05, 3.63) is 23.3 Å². The second-order valence-corrected chi connectivity index (χ2v) is 7.47. The van der Waals surface area contributed by atoms with Gasteiger partial charge in [-0.25, -0.2) is 0 Å². The molecular formula is C19H23NO4. The molecule has 5 heteroatoms. The van der Waals surface area contributed by atoms with Gasteiger partial charge in [0.25, 0.3) is 0 Å². The van der Waals surface area contributed by atoms with Gasteiger partial charge in [0, 0.05) is 6.42 Å². The van der Waals surface area contributed by atoms with Crippen LogP contribution in [0.2, 0.25) is 0 Å². The molecule has 0 spiro atoms. The molecule has 0 aliphatic heterocycles. The monoisotopic (exact) mass is 329 g/mol. The predicted molar refractivity (Wildman–Crippen MR) is 87.8 cm³/mol. The predicted octanol–water partition coefficient (Wildman–Crippen LogP) is 2.29. The topological polar surface area (TPSA) is 89.6 Å². The largest absolute Gasteiger partial charge is 0.504 e. The summed E-state index contributed by atoms with van der Waals surface area (Å²) in [5.74, 6) is 0.965. The average Bonchev–Trinajstić information content (AvgIpc) is 2.92. The minimum Gasteiger partial charge on any atom is -0.504 e. The Kier molecular flexibility index (Phi) is 3.37. The summed E-state index contributed by atoms with van der Waals surface area (Å²) in [6.45, 7) is 0. The lowest BCUT2D eigenvalue weighted by atomic mass is 9.54. The van der Waals surface area contributed by atoms with Crippen molar-refractivity contribution < 1.29 is 19.4 Å². The summed E-state index contributed by atoms with van der Waals surface area (Å²) in [5.41, 5.74) is 7.14. The number of phenols is 1. The number of phenolic OH excluding ortho intramolecular Hbond substituents is 1. The van der Waals surface area contributed by atoms with Crippen molar-refractivity contribution in [2.75, 3.05) is 7.11 Å². The van der Waals surface area contributed by atoms with E-state index in [2.05, 4.69) is 0 Å². The average molecular weight is 329 g/mol. The number of ketones is 1. The Morgan fingerprint density at radius 2 is 2.08 bits per heavy atom. The van der Waals surface area contributed by atoms with E-state index in [4.69, 9.17) is 10.5 Å². The number of benzene rings is 1. The van der Waals surface area contributed by atoms with Gasteiger partial charge in [0.05, 0.1) is 7.11 Å². The van der Waals surface area contributed by atoms with Gasteiger partial charge < -0.3 is 15.6 Å². The third kappa shape index (κ3) is 1.87. The van der Waals surface area contributed by atoms with E-state index in [9.17, 15) is 14.7 Å². The fourth-order valence-corrected chi connectivity index (χ4v) is 5.65. The highest BCUT2D eigenvalue weighted by atomic mass is 16.5. The van der Waals surface area contributed by atoms with Crippen molar-refractivity contribution in [1.29, 1.82) is 0 Å². The van der Waals surface area contributed by atoms with E-state index in [1.165, 1.54) is 5.56 Å². The Morgan fingerprint density at radius 3 is 2.79 bits per heavy atom. The highest BCUT2D eigenvalue weighted by molar-refractivity contribution is 6.07. The standard InChI is InChI=1S/C19H23NO4/c1-24-16-9-13-10(8-15(16)21)2-3-12-11(13)6-7-19(18(20)23)14(12)4-5-17(19)22/h8-9,11-12,14,21H,2-7H2,1H3,(H2,20,23)/t11-,12+,14-,19+/m0/s1. The van der Waals surface area contributed by atoms with Crippen LogP contribution >= 0.6 is 0 Å². The molecule has 1 aromatic carbocycles. The first-order valence-corrected chi connectivity index (χ1v) is 8.72. The summed E-state index contributed by atoms with van der Waals surface area (Å²) in [6, 6.07) is 3.75. The molecule has 0 aromatic heterocycles. The number of aryl methyl sites for hydroxylation is 1. The number of hydrogen-bond donors (Lipinski definition) is 2. The smallest absolute Gasteiger partial charge is 0.231 e. The lowest BCUT2D eigenvalue weighted by molar-refractivity contribution is -0.144. The minimum absolute atomic E-state index is 0.0486. The van der Waals surface area contributed by atoms with Crippen LogP contribution in [0.1, 0.15) is 49.1 Å². The fraction of sp³-hybridized carbons (Fsp3) is 0.579. The molecule has 0 heterocycles. The van der Waals surface area contributed by atoms with E-state index in [1.807, 2.05) is 6.07 Å². The number of carbonyl (C=O) groups is 2. The molecule has 0 bridgehead atoms. The van der Waals surface area contributed by atoms with Gasteiger partial charge in [-0.2, -0.15) is 0 Å². The number of ether oxygens (including phenoxy) is 1. The van der Waals surface area contributed by atoms with Crippen molar-refractivity contribution in [2.45, 2.75) is 44.4 Å². The molecule has 5 nitrogen and oxygen atoms in total. The highest BCUT2D eigenvalue weighted by Gasteiger charge is 2.60. The van der Waals surface area contributed by atoms with E-state index in [-0.39, 0.29) is 17.5 Å². The normalized spacial score (nSPS) is 34.2. The van der Waals surface area contributed by atoms with Crippen LogP contribution in [0.25, 0.3) is 0 Å². The van der Waals surface area contributed by atoms with Crippen LogP contribution in [-0.4, -0.2) is 23.9 Å². The van der Waals surface area contributed by atoms with Crippen molar-refractivity contribution >= 4 is 11.7 Å². The van der Waals surface area contributed by atoms with Crippen LogP contribution in [0.15, 0.2) is 12.1 Å². The second kappa shape index (κ2) is 5.23. The quantitative estimate of drug-likeness (QED) is 0.815. The molecule has 0 saturated heterocycles. The van der Waals surface area contributed by atoms with E-state index in [1.54, 1.807) is 13.2 Å². The van der Waals surface area contributed by atoms with Crippen LogP contribution in [0.4, 0.5) is 0 Å². The molecule has 2 saturated carbocycles. The SMILES string of the molecule is COc1cc2c(cc1O)CC[C@@H]1[C@@H]2CC[C@]2(C(N)=O)C(=O)CC[C@@H]12. The number of carbonyl (C=O) groups excluding carboxylic acids is 2. The van der Waals surface area contributed by atoms with Crippen LogP contribution in [0, 0.1) is 17.3 Å². The number of amides is 1. The summed E-state index contributed by atoms with van der Waals surface area (Å²) >= 11 is 0. The summed E-state index contributed by atoms with van der Waals surface area (Å²) < 4.78 is 5.27. The molecule has 3 aliphatic carbocycles. The molecule has 3 N–H and O–H groups in total. The van der Waals surface area contributed by atoms with E-state index >= 15 is 0 Å². The van der Waals surface area contributed by atoms with E-state index in [0.29, 0.717) is 30.4 Å². The first-order chi connectivity index (χ1) is 11.5. The maximum Gasteiger partial charge on any atom is 0.231 e. The van der Waals surface area contributed by atoms with Crippen LogP contribution < -0.4 is 10.5 Å². The Morgan fingerprint density at radius 1 is 1.29 bits per heavy atom. The van der Waals surface area contributed by atoms with E-state index in [0.717, 1.165) is 31.2 Å². The van der Waals surface area contributed by atoms with Crippen LogP contribution in [0.3, 0.4) is 0 Å². The Bertz CT molecular complexity index is 728. The third-order valence-corrected chi connectivity index (χ3v) is 6.72. The van der Waals surface area contributed by atoms with Gasteiger partial charge in [0.1, 0.15) is 11.2 Å². The molecule has 0 radical (unpaired) electrons. The summed E-state index contributed by atoms with van der Waals surface area (Å²) in [4.78, 5) is 24.7. The maximum absolute atomic E-state index is 12.5. The van der Waals surface area contributed by atoms with Crippen LogP contribution in [0.5, 0.6) is 11.5 Å². The molecule has 4 rings (SSSR count). The number of Topliss-reactive ketones (excluding diaryl/α,β-unsaturated/α-hetero) is 1. The molecule has 2 fully saturated rings. The van der Waals surface area contributed by atoms with Gasteiger partial charge in [-0.3, -0.25) is 9.59 Å². The third-order valence-electron chi connectivity index (χ3n) is 6.72. The number of fused-ring (bicyclic) bond motifs is 5. The van der Waals surface area contributed by atoms with Crippen molar-refractivity contribution in [3.63, 3.8) is 0 Å². The van der Waals surface area contributed by atoms with Gasteiger partial charge in [-0.05, 0) is 73.1 Å². The molecule has 1 amide bonds. The van der Waals surface area contributed by atoms with Gasteiger partial charge in [0.15, 0.2) is 11.5 Å². The number of methoxy groups -OCH3 is 1. The van der Waals surface area contributed by atoms with Gasteiger partial charge in [0.2, 0.25) is 5.91 Å². The molecule has 24 heavy (non-hydrogen) atoms. The lowest BCUT2D eigenvalue weighted by Crippen LogP contribution is -2.51. The Labute approximate surface area is 141 Å². The molecule has 4 atom stereocenters. The van der Waals surface area contributed by atoms with Gasteiger partial charge >= 0.3 is 0 Å². The lowest BCUT2D eigenvalue weighted by Gasteiger charge is -2.48. The highest BCUT2D eigenvalue weighted by Crippen LogP contribution is 2.60. The summed E-state index contributed by atoms with van der Waals surface area (Å²) in [6.07, 6.45) is 4.38. The van der Waals surface area contributed by atoms with Crippen molar-refractivity contribution in [2.24, 2.45) is 23.0 Å². The first-order valence-electron chi connectivity index (χ1n) is 8.72. The van der Waals surface area contributed by atoms with Crippen molar-refractivity contribution in [1.82, 2.24) is 0 Å². The molecule has 128 valence electrons. The maximum atomic E-state index is 12.5. The zero-order chi connectivity index (χ0) is 17.1. The van der Waals surface area contributed by atoms with Crippen LogP contribution in [-0.2, 0) is 16.0 Å². The molecule has 0 unspecified atom stereocenters. The van der Waals surface area contributed by atoms with Gasteiger partial charge in [-0.15, -0.1) is 0 Å². The van der Waals surface area contributed by atoms with Gasteiger partial charge in [-0.1, -0.05) is 0 Å². The molecule has 3 aliphatic rings. The number of aromatic hydroxyl groups is 1. The Hall–Kier alpha value is -2.04. The first kappa shape index (κ1) is 15.5. The Balaban J connectivity index is 1.76. The zero-order valence-electron chi connectivity index (χ0n) is 13.9. The second-order valence-electron chi connectivity index (χ2n) is 7.47. The molecular weight excluding hydrogens is 306 g/mol. The molecule has 1 aromatic rings. The minimum atomic E-state index is -0.931. The summed E-state index contributed by atoms with van der Waals surface area (Å²) in [5, 5.41) is 10.0. The summed E-state index contributed by atoms with van der Waals surface area (Å²) in [7, 11) is 1.55. The van der Waals surface area contributed by atoms with E-state index < -0.39 is 11.3 Å². The number of hydrogen-bond acceptors (Lipinski definition) is 4. The van der Waals surface area contributed by atoms with Crippen molar-refractivity contribution in [3.8, 4) is 11.5 Å².